The van der Waals surface area contributed by atoms with Crippen molar-refractivity contribution in [3.8, 4) is 11.3 Å². The molecule has 2 heterocycles. The van der Waals surface area contributed by atoms with E-state index in [9.17, 15) is 4.79 Å². The lowest BCUT2D eigenvalue weighted by Gasteiger charge is -2.10. The Hall–Kier alpha value is -2.92. The van der Waals surface area contributed by atoms with Crippen LogP contribution in [-0.2, 0) is 11.2 Å². The number of benzene rings is 1. The van der Waals surface area contributed by atoms with Crippen LogP contribution in [0.25, 0.3) is 17.3 Å². The molecule has 32 heavy (non-hydrogen) atoms. The molecule has 0 radical (unpaired) electrons. The van der Waals surface area contributed by atoms with Gasteiger partial charge < -0.3 is 15.0 Å². The summed E-state index contributed by atoms with van der Waals surface area (Å²) in [5.74, 6) is -0.786. The highest BCUT2D eigenvalue weighted by atomic mass is 16.4. The van der Waals surface area contributed by atoms with E-state index in [0.29, 0.717) is 6.42 Å². The van der Waals surface area contributed by atoms with Crippen molar-refractivity contribution in [2.45, 2.75) is 51.9 Å². The van der Waals surface area contributed by atoms with Crippen LogP contribution in [0, 0.1) is 0 Å². The number of carboxylic acids is 1. The van der Waals surface area contributed by atoms with Gasteiger partial charge in [-0.05, 0) is 81.2 Å². The molecule has 0 amide bonds. The van der Waals surface area contributed by atoms with Crippen LogP contribution in [0.1, 0.15) is 56.7 Å². The van der Waals surface area contributed by atoms with Gasteiger partial charge in [-0.25, -0.2) is 0 Å². The molecule has 170 valence electrons. The molecule has 2 aromatic rings. The summed E-state index contributed by atoms with van der Waals surface area (Å²) in [6, 6.07) is 12.7. The summed E-state index contributed by atoms with van der Waals surface area (Å²) in [7, 11) is 4.16. The molecule has 1 aliphatic rings. The molecule has 3 rings (SSSR count). The van der Waals surface area contributed by atoms with Gasteiger partial charge in [0.15, 0.2) is 0 Å². The zero-order valence-electron chi connectivity index (χ0n) is 19.5. The van der Waals surface area contributed by atoms with E-state index in [1.165, 1.54) is 16.7 Å². The fraction of sp³-hybridized carbons (Fsp3) is 0.407. The number of H-pyrrole nitrogens is 1. The van der Waals surface area contributed by atoms with Crippen LogP contribution < -0.4 is 0 Å². The van der Waals surface area contributed by atoms with Gasteiger partial charge in [0.2, 0.25) is 0 Å². The predicted molar refractivity (Wildman–Crippen MR) is 133 cm³/mol. The first-order chi connectivity index (χ1) is 15.5. The van der Waals surface area contributed by atoms with E-state index in [2.05, 4.69) is 73.4 Å². The van der Waals surface area contributed by atoms with E-state index in [1.54, 1.807) is 0 Å². The summed E-state index contributed by atoms with van der Waals surface area (Å²) in [5.41, 5.74) is 7.73. The van der Waals surface area contributed by atoms with Crippen molar-refractivity contribution in [2.75, 3.05) is 20.6 Å². The Balaban J connectivity index is 1.91. The molecule has 1 aliphatic heterocycles. The first-order valence-electron chi connectivity index (χ1n) is 11.6. The number of unbranched alkanes of at least 4 members (excludes halogenated alkanes) is 1. The van der Waals surface area contributed by atoms with Crippen LogP contribution in [0.15, 0.2) is 58.7 Å². The predicted octanol–water partition coefficient (Wildman–Crippen LogP) is 5.95. The number of hydrogen-bond donors (Lipinski definition) is 2. The van der Waals surface area contributed by atoms with Crippen LogP contribution in [0.4, 0.5) is 0 Å². The summed E-state index contributed by atoms with van der Waals surface area (Å²) >= 11 is 0. The van der Waals surface area contributed by atoms with Gasteiger partial charge in [0.05, 0.1) is 12.1 Å². The van der Waals surface area contributed by atoms with Gasteiger partial charge in [0, 0.05) is 23.5 Å². The van der Waals surface area contributed by atoms with Crippen molar-refractivity contribution in [3.05, 3.63) is 65.0 Å². The van der Waals surface area contributed by atoms with Gasteiger partial charge in [-0.3, -0.25) is 9.79 Å². The maximum absolute atomic E-state index is 11.0. The minimum absolute atomic E-state index is 0.107. The van der Waals surface area contributed by atoms with Gasteiger partial charge in [-0.15, -0.1) is 0 Å². The van der Waals surface area contributed by atoms with E-state index in [-0.39, 0.29) is 6.42 Å². The smallest absolute Gasteiger partial charge is 0.303 e. The fourth-order valence-electron chi connectivity index (χ4n) is 3.93. The second kappa shape index (κ2) is 11.6. The van der Waals surface area contributed by atoms with Gasteiger partial charge in [-0.1, -0.05) is 43.7 Å². The average Bonchev–Trinajstić information content (AvgIpc) is 3.35. The molecule has 5 heteroatoms. The Bertz CT molecular complexity index is 997. The highest BCUT2D eigenvalue weighted by Gasteiger charge is 2.17. The molecule has 0 saturated heterocycles. The summed E-state index contributed by atoms with van der Waals surface area (Å²) < 4.78 is 0. The summed E-state index contributed by atoms with van der Waals surface area (Å²) in [6.07, 6.45) is 10.1. The Morgan fingerprint density at radius 3 is 2.59 bits per heavy atom. The minimum Gasteiger partial charge on any atom is -0.481 e. The molecule has 0 atom stereocenters. The standard InChI is InChI=1S/C27H35N3O2/c1-4-5-10-22-18-24(20-11-7-6-8-12-20)29-26(22)19-25-21(13-9-16-30(2)3)17-23(28-25)14-15-27(31)32/h6-8,11-12,17-19,29H,4-5,9-10,13-16H2,1-3H3,(H,31,32)/b25-19-. The van der Waals surface area contributed by atoms with Gasteiger partial charge in [0.25, 0.3) is 0 Å². The third-order valence-corrected chi connectivity index (χ3v) is 5.68. The zero-order valence-corrected chi connectivity index (χ0v) is 19.5. The number of carboxylic acid groups (broad SMARTS) is 1. The minimum atomic E-state index is -0.786. The molecule has 0 bridgehead atoms. The van der Waals surface area contributed by atoms with E-state index in [0.717, 1.165) is 61.4 Å². The summed E-state index contributed by atoms with van der Waals surface area (Å²) in [5, 5.41) is 9.07. The monoisotopic (exact) mass is 433 g/mol. The molecule has 2 N–H and O–H groups in total. The molecule has 0 saturated carbocycles. The average molecular weight is 434 g/mol. The SMILES string of the molecule is CCCCc1cc(-c2ccccc2)[nH]c1/C=C1\N=C(CCC(=O)O)C=C1CCCN(C)C. The molecular formula is C27H35N3O2. The first kappa shape index (κ1) is 23.7. The van der Waals surface area contributed by atoms with E-state index >= 15 is 0 Å². The summed E-state index contributed by atoms with van der Waals surface area (Å²) in [4.78, 5) is 21.7. The third kappa shape index (κ3) is 6.79. The van der Waals surface area contributed by atoms with E-state index in [4.69, 9.17) is 10.1 Å². The fourth-order valence-corrected chi connectivity index (χ4v) is 3.93. The number of aryl methyl sites for hydroxylation is 1. The number of rotatable bonds is 12. The highest BCUT2D eigenvalue weighted by Crippen LogP contribution is 2.30. The maximum atomic E-state index is 11.0. The van der Waals surface area contributed by atoms with Crippen molar-refractivity contribution in [1.82, 2.24) is 9.88 Å². The molecule has 0 fully saturated rings. The number of nitrogens with one attached hydrogen (secondary N) is 1. The Labute approximate surface area is 191 Å². The second-order valence-electron chi connectivity index (χ2n) is 8.69. The Kier molecular flexibility index (Phi) is 8.63. The number of allylic oxidation sites excluding steroid dienone is 2. The zero-order chi connectivity index (χ0) is 22.9. The maximum Gasteiger partial charge on any atom is 0.303 e. The normalized spacial score (nSPS) is 14.8. The van der Waals surface area contributed by atoms with Gasteiger partial charge in [0.1, 0.15) is 0 Å². The van der Waals surface area contributed by atoms with E-state index < -0.39 is 5.97 Å². The largest absolute Gasteiger partial charge is 0.481 e. The second-order valence-corrected chi connectivity index (χ2v) is 8.69. The number of aromatic amines is 1. The lowest BCUT2D eigenvalue weighted by Crippen LogP contribution is -2.12. The highest BCUT2D eigenvalue weighted by molar-refractivity contribution is 6.01. The van der Waals surface area contributed by atoms with Crippen molar-refractivity contribution in [3.63, 3.8) is 0 Å². The molecule has 0 aliphatic carbocycles. The molecule has 1 aromatic carbocycles. The lowest BCUT2D eigenvalue weighted by atomic mass is 10.0. The van der Waals surface area contributed by atoms with Gasteiger partial charge in [-0.2, -0.15) is 0 Å². The number of nitrogens with zero attached hydrogens (tertiary/aromatic N) is 2. The number of carbonyl (C=O) groups is 1. The van der Waals surface area contributed by atoms with Crippen molar-refractivity contribution >= 4 is 17.8 Å². The Morgan fingerprint density at radius 1 is 1.12 bits per heavy atom. The van der Waals surface area contributed by atoms with Crippen molar-refractivity contribution in [2.24, 2.45) is 4.99 Å². The molecule has 1 aromatic heterocycles. The third-order valence-electron chi connectivity index (χ3n) is 5.68. The number of aromatic nitrogens is 1. The lowest BCUT2D eigenvalue weighted by molar-refractivity contribution is -0.136. The van der Waals surface area contributed by atoms with Crippen LogP contribution in [0.3, 0.4) is 0 Å². The number of aliphatic carboxylic acids is 1. The number of hydrogen-bond acceptors (Lipinski definition) is 3. The van der Waals surface area contributed by atoms with Crippen LogP contribution in [0.5, 0.6) is 0 Å². The quantitative estimate of drug-likeness (QED) is 0.434. The Morgan fingerprint density at radius 2 is 1.91 bits per heavy atom. The number of aliphatic imine (C=N–C) groups is 1. The van der Waals surface area contributed by atoms with Crippen LogP contribution >= 0.6 is 0 Å². The van der Waals surface area contributed by atoms with E-state index in [1.807, 2.05) is 6.07 Å². The molecule has 0 unspecified atom stereocenters. The van der Waals surface area contributed by atoms with Crippen molar-refractivity contribution < 1.29 is 9.90 Å². The van der Waals surface area contributed by atoms with Gasteiger partial charge >= 0.3 is 5.97 Å². The topological polar surface area (TPSA) is 68.7 Å². The molecule has 0 spiro atoms. The van der Waals surface area contributed by atoms with Crippen LogP contribution in [-0.4, -0.2) is 47.3 Å². The van der Waals surface area contributed by atoms with Crippen LogP contribution in [0.2, 0.25) is 0 Å². The van der Waals surface area contributed by atoms with Crippen molar-refractivity contribution in [1.29, 1.82) is 0 Å². The molecule has 5 nitrogen and oxygen atoms in total. The molecular weight excluding hydrogens is 398 g/mol. The first-order valence-corrected chi connectivity index (χ1v) is 11.6. The summed E-state index contributed by atoms with van der Waals surface area (Å²) in [6.45, 7) is 3.22.